The summed E-state index contributed by atoms with van der Waals surface area (Å²) >= 11 is 2.96. The average molecular weight is 310 g/mol. The van der Waals surface area contributed by atoms with Gasteiger partial charge in [0.05, 0.1) is 10.0 Å². The van der Waals surface area contributed by atoms with Crippen molar-refractivity contribution in [2.75, 3.05) is 6.54 Å². The molecule has 1 saturated heterocycles. The summed E-state index contributed by atoms with van der Waals surface area (Å²) in [5.74, 6) is -0.114. The molecule has 17 heavy (non-hydrogen) atoms. The molecular formula is C11H11BrF3NO. The van der Waals surface area contributed by atoms with Crippen LogP contribution in [0.1, 0.15) is 30.0 Å². The average Bonchev–Trinajstić information content (AvgIpc) is 2.73. The van der Waals surface area contributed by atoms with Crippen molar-refractivity contribution in [2.24, 2.45) is 0 Å². The molecule has 0 spiro atoms. The Morgan fingerprint density at radius 1 is 1.35 bits per heavy atom. The van der Waals surface area contributed by atoms with Gasteiger partial charge in [-0.3, -0.25) is 0 Å². The second-order valence-electron chi connectivity index (χ2n) is 4.04. The number of benzene rings is 1. The van der Waals surface area contributed by atoms with Crippen molar-refractivity contribution in [1.82, 2.24) is 5.32 Å². The topological polar surface area (TPSA) is 32.3 Å². The van der Waals surface area contributed by atoms with Crippen molar-refractivity contribution >= 4 is 15.9 Å². The zero-order valence-electron chi connectivity index (χ0n) is 8.81. The van der Waals surface area contributed by atoms with Crippen LogP contribution in [0.25, 0.3) is 0 Å². The molecular weight excluding hydrogens is 299 g/mol. The lowest BCUT2D eigenvalue weighted by molar-refractivity contribution is -0.137. The number of rotatable bonds is 1. The number of nitrogens with one attached hydrogen (secondary N) is 1. The molecule has 0 aliphatic carbocycles. The first kappa shape index (κ1) is 12.7. The molecule has 0 unspecified atom stereocenters. The van der Waals surface area contributed by atoms with Gasteiger partial charge in [-0.1, -0.05) is 0 Å². The predicted octanol–water partition coefficient (Wildman–Crippen LogP) is 3.60. The van der Waals surface area contributed by atoms with E-state index in [1.807, 2.05) is 0 Å². The molecule has 1 aliphatic rings. The van der Waals surface area contributed by atoms with E-state index < -0.39 is 11.7 Å². The van der Waals surface area contributed by atoms with Gasteiger partial charge in [0.1, 0.15) is 5.75 Å². The fourth-order valence-electron chi connectivity index (χ4n) is 2.00. The summed E-state index contributed by atoms with van der Waals surface area (Å²) in [6.45, 7) is 0.762. The van der Waals surface area contributed by atoms with Crippen LogP contribution in [-0.4, -0.2) is 11.7 Å². The molecule has 1 fully saturated rings. The van der Waals surface area contributed by atoms with E-state index in [-0.39, 0.29) is 16.3 Å². The van der Waals surface area contributed by atoms with Gasteiger partial charge in [-0.2, -0.15) is 13.2 Å². The SMILES string of the molecule is Oc1c(Br)cc(C(F)(F)F)cc1[C@@H]1CCCN1. The van der Waals surface area contributed by atoms with Crippen LogP contribution in [0.2, 0.25) is 0 Å². The fraction of sp³-hybridized carbons (Fsp3) is 0.455. The minimum atomic E-state index is -4.40. The highest BCUT2D eigenvalue weighted by molar-refractivity contribution is 9.10. The van der Waals surface area contributed by atoms with Crippen LogP contribution in [0.3, 0.4) is 0 Å². The molecule has 94 valence electrons. The maximum Gasteiger partial charge on any atom is 0.416 e. The van der Waals surface area contributed by atoms with E-state index in [9.17, 15) is 18.3 Å². The molecule has 0 radical (unpaired) electrons. The molecule has 0 saturated carbocycles. The zero-order valence-corrected chi connectivity index (χ0v) is 10.4. The first-order valence-corrected chi connectivity index (χ1v) is 6.02. The van der Waals surface area contributed by atoms with E-state index in [0.29, 0.717) is 5.56 Å². The number of hydrogen-bond acceptors (Lipinski definition) is 2. The van der Waals surface area contributed by atoms with Gasteiger partial charge in [0.25, 0.3) is 0 Å². The third-order valence-electron chi connectivity index (χ3n) is 2.86. The standard InChI is InChI=1S/C11H11BrF3NO/c12-8-5-6(11(13,14)15)4-7(10(8)17)9-2-1-3-16-9/h4-5,9,16-17H,1-3H2/t9-/m0/s1. The van der Waals surface area contributed by atoms with E-state index in [0.717, 1.165) is 31.5 Å². The minimum absolute atomic E-state index is 0.0797. The van der Waals surface area contributed by atoms with Gasteiger partial charge in [-0.25, -0.2) is 0 Å². The second kappa shape index (κ2) is 4.49. The van der Waals surface area contributed by atoms with Gasteiger partial charge in [0.2, 0.25) is 0 Å². The van der Waals surface area contributed by atoms with Crippen LogP contribution in [0.15, 0.2) is 16.6 Å². The second-order valence-corrected chi connectivity index (χ2v) is 4.90. The monoisotopic (exact) mass is 309 g/mol. The summed E-state index contributed by atoms with van der Waals surface area (Å²) in [6, 6.07) is 1.71. The summed E-state index contributed by atoms with van der Waals surface area (Å²) in [5.41, 5.74) is -0.435. The Balaban J connectivity index is 2.46. The molecule has 2 rings (SSSR count). The van der Waals surface area contributed by atoms with Gasteiger partial charge in [-0.15, -0.1) is 0 Å². The smallest absolute Gasteiger partial charge is 0.416 e. The molecule has 1 aliphatic heterocycles. The molecule has 0 amide bonds. The summed E-state index contributed by atoms with van der Waals surface area (Å²) in [7, 11) is 0. The highest BCUT2D eigenvalue weighted by Gasteiger charge is 2.33. The van der Waals surface area contributed by atoms with Crippen LogP contribution in [0.5, 0.6) is 5.75 Å². The molecule has 1 aromatic rings. The molecule has 0 bridgehead atoms. The summed E-state index contributed by atoms with van der Waals surface area (Å²) in [4.78, 5) is 0. The number of phenols is 1. The number of hydrogen-bond donors (Lipinski definition) is 2. The Bertz CT molecular complexity index is 427. The quantitative estimate of drug-likeness (QED) is 0.831. The number of phenolic OH excluding ortho intramolecular Hbond substituents is 1. The molecule has 6 heteroatoms. The Morgan fingerprint density at radius 3 is 2.59 bits per heavy atom. The lowest BCUT2D eigenvalue weighted by atomic mass is 10.0. The number of aromatic hydroxyl groups is 1. The highest BCUT2D eigenvalue weighted by atomic mass is 79.9. The molecule has 1 atom stereocenters. The molecule has 1 aromatic carbocycles. The number of halogens is 4. The normalized spacial score (nSPS) is 20.8. The summed E-state index contributed by atoms with van der Waals surface area (Å²) in [6.07, 6.45) is -2.76. The van der Waals surface area contributed by atoms with Crippen molar-refractivity contribution < 1.29 is 18.3 Å². The minimum Gasteiger partial charge on any atom is -0.506 e. The molecule has 0 aromatic heterocycles. The lowest BCUT2D eigenvalue weighted by Crippen LogP contribution is -2.14. The Morgan fingerprint density at radius 2 is 2.06 bits per heavy atom. The van der Waals surface area contributed by atoms with E-state index in [1.165, 1.54) is 0 Å². The first-order chi connectivity index (χ1) is 7.89. The van der Waals surface area contributed by atoms with Crippen molar-refractivity contribution in [2.45, 2.75) is 25.1 Å². The van der Waals surface area contributed by atoms with Crippen LogP contribution in [-0.2, 0) is 6.18 Å². The van der Waals surface area contributed by atoms with Crippen molar-refractivity contribution in [3.63, 3.8) is 0 Å². The van der Waals surface area contributed by atoms with Crippen molar-refractivity contribution in [1.29, 1.82) is 0 Å². The predicted molar refractivity (Wildman–Crippen MR) is 60.8 cm³/mol. The van der Waals surface area contributed by atoms with Gasteiger partial charge in [0.15, 0.2) is 0 Å². The van der Waals surface area contributed by atoms with Gasteiger partial charge in [-0.05, 0) is 47.4 Å². The Hall–Kier alpha value is -0.750. The van der Waals surface area contributed by atoms with Crippen LogP contribution >= 0.6 is 15.9 Å². The maximum atomic E-state index is 12.6. The first-order valence-electron chi connectivity index (χ1n) is 5.22. The molecule has 2 N–H and O–H groups in total. The third kappa shape index (κ3) is 2.57. The lowest BCUT2D eigenvalue weighted by Gasteiger charge is -2.16. The third-order valence-corrected chi connectivity index (χ3v) is 3.46. The van der Waals surface area contributed by atoms with Crippen LogP contribution in [0.4, 0.5) is 13.2 Å². The molecule has 1 heterocycles. The maximum absolute atomic E-state index is 12.6. The van der Waals surface area contributed by atoms with Crippen LogP contribution in [0, 0.1) is 0 Å². The van der Waals surface area contributed by atoms with E-state index >= 15 is 0 Å². The fourth-order valence-corrected chi connectivity index (χ4v) is 2.48. The number of alkyl halides is 3. The van der Waals surface area contributed by atoms with Crippen molar-refractivity contribution in [3.05, 3.63) is 27.7 Å². The van der Waals surface area contributed by atoms with E-state index in [4.69, 9.17) is 0 Å². The van der Waals surface area contributed by atoms with E-state index in [1.54, 1.807) is 0 Å². The Kier molecular flexibility index (Phi) is 3.36. The molecule has 2 nitrogen and oxygen atoms in total. The summed E-state index contributed by atoms with van der Waals surface area (Å²) < 4.78 is 38.0. The largest absolute Gasteiger partial charge is 0.506 e. The Labute approximate surface area is 105 Å². The zero-order chi connectivity index (χ0) is 12.6. The van der Waals surface area contributed by atoms with E-state index in [2.05, 4.69) is 21.2 Å². The van der Waals surface area contributed by atoms with Crippen LogP contribution < -0.4 is 5.32 Å². The van der Waals surface area contributed by atoms with Gasteiger partial charge in [0, 0.05) is 11.6 Å². The van der Waals surface area contributed by atoms with Gasteiger partial charge >= 0.3 is 6.18 Å². The summed E-state index contributed by atoms with van der Waals surface area (Å²) in [5, 5.41) is 12.9. The van der Waals surface area contributed by atoms with Crippen molar-refractivity contribution in [3.8, 4) is 5.75 Å². The highest BCUT2D eigenvalue weighted by Crippen LogP contribution is 2.40. The van der Waals surface area contributed by atoms with Gasteiger partial charge < -0.3 is 10.4 Å².